The molecule has 0 bridgehead atoms. The summed E-state index contributed by atoms with van der Waals surface area (Å²) in [6, 6.07) is 16.2. The van der Waals surface area contributed by atoms with Crippen molar-refractivity contribution in [2.75, 3.05) is 25.5 Å². The zero-order valence-electron chi connectivity index (χ0n) is 30.2. The Balaban J connectivity index is 0.00000523. The van der Waals surface area contributed by atoms with Crippen molar-refractivity contribution in [3.8, 4) is 11.1 Å². The van der Waals surface area contributed by atoms with Crippen LogP contribution in [0.1, 0.15) is 73.1 Å². The average molecular weight is 731 g/mol. The molecule has 3 amide bonds. The highest BCUT2D eigenvalue weighted by Crippen LogP contribution is 2.32. The number of hydrogen-bond donors (Lipinski definition) is 5. The van der Waals surface area contributed by atoms with Crippen LogP contribution in [0.4, 0.5) is 5.69 Å². The smallest absolute Gasteiger partial charge is 0.323 e. The summed E-state index contributed by atoms with van der Waals surface area (Å²) in [5.41, 5.74) is 17.3. The number of aromatic amines is 2. The van der Waals surface area contributed by atoms with Gasteiger partial charge in [0, 0.05) is 29.3 Å². The van der Waals surface area contributed by atoms with Crippen LogP contribution in [0.15, 0.2) is 59.4 Å². The van der Waals surface area contributed by atoms with Gasteiger partial charge in [0.25, 0.3) is 11.8 Å². The van der Waals surface area contributed by atoms with Gasteiger partial charge in [-0.2, -0.15) is 0 Å². The number of nitrogens with two attached hydrogens (primary N) is 2. The van der Waals surface area contributed by atoms with E-state index in [9.17, 15) is 19.2 Å². The quantitative estimate of drug-likeness (QED) is 0.159. The molecular formula is C39H51ClN8O4. The Bertz CT molecular complexity index is 1920. The minimum absolute atomic E-state index is 0. The summed E-state index contributed by atoms with van der Waals surface area (Å²) in [7, 11) is 4.21. The summed E-state index contributed by atoms with van der Waals surface area (Å²) >= 11 is 0. The van der Waals surface area contributed by atoms with Crippen molar-refractivity contribution in [1.82, 2.24) is 25.2 Å². The monoisotopic (exact) mass is 730 g/mol. The number of imidazole rings is 1. The summed E-state index contributed by atoms with van der Waals surface area (Å²) in [6.07, 6.45) is 7.26. The predicted molar refractivity (Wildman–Crippen MR) is 206 cm³/mol. The molecule has 278 valence electrons. The van der Waals surface area contributed by atoms with Gasteiger partial charge >= 0.3 is 5.69 Å². The van der Waals surface area contributed by atoms with E-state index >= 15 is 0 Å². The van der Waals surface area contributed by atoms with E-state index in [2.05, 4.69) is 39.3 Å². The van der Waals surface area contributed by atoms with Gasteiger partial charge in [-0.1, -0.05) is 30.3 Å². The van der Waals surface area contributed by atoms with Gasteiger partial charge in [0.2, 0.25) is 5.91 Å². The van der Waals surface area contributed by atoms with Crippen LogP contribution in [-0.4, -0.2) is 76.3 Å². The fourth-order valence-corrected chi connectivity index (χ4v) is 7.67. The van der Waals surface area contributed by atoms with Crippen LogP contribution in [0.25, 0.3) is 22.2 Å². The number of carbonyl (C=O) groups is 3. The number of nitrogens with one attached hydrogen (secondary N) is 3. The Hall–Kier alpha value is -4.36. The molecule has 2 aromatic heterocycles. The third-order valence-corrected chi connectivity index (χ3v) is 10.8. The SMILES string of the molecule is Cc1nc(C(=O)NC2CCC(N(C)C)CC2)ccc1-c1ccc(C[C@H](N)C(=O)N(C(=O)C2CCC(CN)CC2)c2ccc3[nH]c(=O)[nH]c3c2)cc1.Cl. The number of imide groups is 1. The van der Waals surface area contributed by atoms with Gasteiger partial charge in [0.05, 0.1) is 22.8 Å². The molecule has 2 aliphatic carbocycles. The van der Waals surface area contributed by atoms with E-state index in [-0.39, 0.29) is 48.3 Å². The molecule has 12 nitrogen and oxygen atoms in total. The first-order valence-corrected chi connectivity index (χ1v) is 18.1. The second kappa shape index (κ2) is 17.0. The minimum atomic E-state index is -0.986. The van der Waals surface area contributed by atoms with E-state index in [4.69, 9.17) is 11.5 Å². The van der Waals surface area contributed by atoms with Crippen LogP contribution >= 0.6 is 12.4 Å². The van der Waals surface area contributed by atoms with Gasteiger partial charge in [-0.25, -0.2) is 14.7 Å². The minimum Gasteiger partial charge on any atom is -0.348 e. The van der Waals surface area contributed by atoms with Gasteiger partial charge in [0.15, 0.2) is 0 Å². The lowest BCUT2D eigenvalue weighted by atomic mass is 9.81. The third kappa shape index (κ3) is 8.80. The maximum Gasteiger partial charge on any atom is 0.323 e. The average Bonchev–Trinajstić information content (AvgIpc) is 3.51. The number of rotatable bonds is 10. The summed E-state index contributed by atoms with van der Waals surface area (Å²) < 4.78 is 0. The number of anilines is 1. The standard InChI is InChI=1S/C39H50N8O4.ClH/c1-23-31(17-19-34(42-23)36(48)43-28-12-14-29(15-13-28)46(2)3)26-8-4-24(5-9-26)20-32(41)38(50)47(37(49)27-10-6-25(22-40)7-11-27)30-16-18-33-35(21-30)45-39(51)44-33;/h4-5,8-9,16-19,21,25,27-29,32H,6-7,10-15,20,22,40-41H2,1-3H3,(H,43,48)(H2,44,45,51);1H/t25?,27?,28?,29?,32-;/m0./s1. The highest BCUT2D eigenvalue weighted by Gasteiger charge is 2.35. The van der Waals surface area contributed by atoms with Gasteiger partial charge < -0.3 is 31.7 Å². The van der Waals surface area contributed by atoms with Crippen molar-refractivity contribution < 1.29 is 14.4 Å². The molecule has 2 aromatic carbocycles. The Morgan fingerprint density at radius 2 is 1.58 bits per heavy atom. The Morgan fingerprint density at radius 1 is 0.904 bits per heavy atom. The first kappa shape index (κ1) is 38.9. The van der Waals surface area contributed by atoms with E-state index < -0.39 is 11.9 Å². The zero-order valence-corrected chi connectivity index (χ0v) is 31.0. The molecule has 7 N–H and O–H groups in total. The molecule has 4 aromatic rings. The molecule has 2 heterocycles. The third-order valence-electron chi connectivity index (χ3n) is 10.8. The number of aryl methyl sites for hydroxylation is 1. The lowest BCUT2D eigenvalue weighted by Crippen LogP contribution is -2.50. The number of H-pyrrole nitrogens is 2. The topological polar surface area (TPSA) is 183 Å². The zero-order chi connectivity index (χ0) is 36.2. The maximum atomic E-state index is 14.0. The molecule has 6 rings (SSSR count). The number of halogens is 1. The summed E-state index contributed by atoms with van der Waals surface area (Å²) in [6.45, 7) is 2.48. The molecule has 1 atom stereocenters. The molecule has 0 saturated heterocycles. The largest absolute Gasteiger partial charge is 0.348 e. The number of carbonyl (C=O) groups excluding carboxylic acids is 3. The van der Waals surface area contributed by atoms with Crippen molar-refractivity contribution in [3.63, 3.8) is 0 Å². The normalized spacial score (nSPS) is 21.0. The van der Waals surface area contributed by atoms with E-state index in [1.165, 1.54) is 4.90 Å². The van der Waals surface area contributed by atoms with Gasteiger partial charge in [0.1, 0.15) is 5.69 Å². The molecule has 52 heavy (non-hydrogen) atoms. The molecule has 2 fully saturated rings. The molecule has 0 radical (unpaired) electrons. The Morgan fingerprint density at radius 3 is 2.21 bits per heavy atom. The first-order chi connectivity index (χ1) is 24.5. The van der Waals surface area contributed by atoms with Crippen molar-refractivity contribution in [2.45, 2.75) is 82.8 Å². The molecule has 2 aliphatic rings. The number of amides is 3. The number of aromatic nitrogens is 3. The van der Waals surface area contributed by atoms with Crippen molar-refractivity contribution >= 4 is 46.8 Å². The Kier molecular flexibility index (Phi) is 12.7. The Labute approximate surface area is 310 Å². The van der Waals surface area contributed by atoms with Crippen LogP contribution in [0, 0.1) is 18.8 Å². The molecule has 2 saturated carbocycles. The van der Waals surface area contributed by atoms with Crippen LogP contribution in [0.2, 0.25) is 0 Å². The van der Waals surface area contributed by atoms with Crippen molar-refractivity contribution in [1.29, 1.82) is 0 Å². The van der Waals surface area contributed by atoms with E-state index in [1.807, 2.05) is 37.3 Å². The summed E-state index contributed by atoms with van der Waals surface area (Å²) in [4.78, 5) is 66.4. The summed E-state index contributed by atoms with van der Waals surface area (Å²) in [5, 5.41) is 3.17. The second-order valence-electron chi connectivity index (χ2n) is 14.6. The van der Waals surface area contributed by atoms with E-state index in [1.54, 1.807) is 24.3 Å². The highest BCUT2D eigenvalue weighted by molar-refractivity contribution is 6.17. The lowest BCUT2D eigenvalue weighted by Gasteiger charge is -2.32. The number of benzene rings is 2. The van der Waals surface area contributed by atoms with Crippen LogP contribution in [0.5, 0.6) is 0 Å². The number of fused-ring (bicyclic) bond motifs is 1. The van der Waals surface area contributed by atoms with Gasteiger partial charge in [-0.05, 0) is 127 Å². The van der Waals surface area contributed by atoms with E-state index in [0.29, 0.717) is 53.8 Å². The number of pyridine rings is 1. The number of nitrogens with zero attached hydrogens (tertiary/aromatic N) is 3. The molecular weight excluding hydrogens is 680 g/mol. The van der Waals surface area contributed by atoms with E-state index in [0.717, 1.165) is 60.9 Å². The fourth-order valence-electron chi connectivity index (χ4n) is 7.67. The predicted octanol–water partition coefficient (Wildman–Crippen LogP) is 4.45. The highest BCUT2D eigenvalue weighted by atomic mass is 35.5. The molecule has 13 heteroatoms. The molecule has 0 aliphatic heterocycles. The van der Waals surface area contributed by atoms with Crippen LogP contribution in [0.3, 0.4) is 0 Å². The maximum absolute atomic E-state index is 14.0. The van der Waals surface area contributed by atoms with Crippen LogP contribution in [-0.2, 0) is 16.0 Å². The summed E-state index contributed by atoms with van der Waals surface area (Å²) in [5.74, 6) is -0.868. The fraction of sp³-hybridized carbons (Fsp3) is 0.462. The first-order valence-electron chi connectivity index (χ1n) is 18.1. The van der Waals surface area contributed by atoms with Gasteiger partial charge in [-0.3, -0.25) is 14.4 Å². The van der Waals surface area contributed by atoms with Crippen molar-refractivity contribution in [2.24, 2.45) is 23.3 Å². The van der Waals surface area contributed by atoms with Crippen molar-refractivity contribution in [3.05, 3.63) is 82.0 Å². The molecule has 0 spiro atoms. The van der Waals surface area contributed by atoms with Crippen LogP contribution < -0.4 is 27.4 Å². The number of hydrogen-bond acceptors (Lipinski definition) is 8. The molecule has 0 unspecified atom stereocenters. The second-order valence-corrected chi connectivity index (χ2v) is 14.6. The van der Waals surface area contributed by atoms with Gasteiger partial charge in [-0.15, -0.1) is 12.4 Å². The lowest BCUT2D eigenvalue weighted by molar-refractivity contribution is -0.130.